The number of nitrogens with zero attached hydrogens (tertiary/aromatic N) is 1. The number of nitrogens with one attached hydrogen (secondary N) is 1. The predicted octanol–water partition coefficient (Wildman–Crippen LogP) is 5.13. The number of nitro groups is 1. The number of hydrogen-bond donors (Lipinski definition) is 1. The molecule has 0 saturated heterocycles. The average molecular weight is 456 g/mol. The van der Waals surface area contributed by atoms with E-state index >= 15 is 0 Å². The Balaban J connectivity index is 1.71. The number of esters is 1. The van der Waals surface area contributed by atoms with Gasteiger partial charge >= 0.3 is 12.1 Å². The molecule has 2 aromatic rings. The maximum absolute atomic E-state index is 13.3. The van der Waals surface area contributed by atoms with E-state index in [0.29, 0.717) is 10.9 Å². The fourth-order valence-corrected chi connectivity index (χ4v) is 4.40. The van der Waals surface area contributed by atoms with Gasteiger partial charge in [-0.3, -0.25) is 14.9 Å². The van der Waals surface area contributed by atoms with Crippen molar-refractivity contribution >= 4 is 34.6 Å². The van der Waals surface area contributed by atoms with Crippen molar-refractivity contribution in [2.45, 2.75) is 51.3 Å². The summed E-state index contributed by atoms with van der Waals surface area (Å²) in [6.07, 6.45) is -1.35. The molecule has 3 rings (SSSR count). The van der Waals surface area contributed by atoms with E-state index in [9.17, 15) is 32.9 Å². The van der Waals surface area contributed by atoms with Gasteiger partial charge in [0.25, 0.3) is 11.6 Å². The molecule has 1 N–H and O–H groups in total. The summed E-state index contributed by atoms with van der Waals surface area (Å²) >= 11 is 1.31. The molecule has 0 bridgehead atoms. The second kappa shape index (κ2) is 9.04. The summed E-state index contributed by atoms with van der Waals surface area (Å²) in [7, 11) is 0. The molecule has 0 spiro atoms. The topological polar surface area (TPSA) is 98.5 Å². The van der Waals surface area contributed by atoms with Gasteiger partial charge in [-0.15, -0.1) is 11.3 Å². The van der Waals surface area contributed by atoms with Crippen molar-refractivity contribution < 1.29 is 32.4 Å². The highest BCUT2D eigenvalue weighted by atomic mass is 32.1. The first-order chi connectivity index (χ1) is 14.6. The zero-order valence-corrected chi connectivity index (χ0v) is 17.3. The Kier molecular flexibility index (Phi) is 6.63. The summed E-state index contributed by atoms with van der Waals surface area (Å²) in [6.45, 7) is 1.24. The molecule has 1 aromatic carbocycles. The number of carbonyl (C=O) groups excluding carboxylic acids is 2. The normalized spacial score (nSPS) is 14.8. The van der Waals surface area contributed by atoms with Gasteiger partial charge in [0.05, 0.1) is 16.2 Å². The van der Waals surface area contributed by atoms with E-state index in [4.69, 9.17) is 4.74 Å². The summed E-state index contributed by atoms with van der Waals surface area (Å²) < 4.78 is 44.9. The largest absolute Gasteiger partial charge is 0.448 e. The van der Waals surface area contributed by atoms with Crippen LogP contribution in [0.15, 0.2) is 24.3 Å². The second-order valence-electron chi connectivity index (χ2n) is 7.14. The van der Waals surface area contributed by atoms with E-state index in [2.05, 4.69) is 0 Å². The molecule has 1 heterocycles. The number of ether oxygens (including phenoxy) is 1. The van der Waals surface area contributed by atoms with Crippen molar-refractivity contribution in [3.8, 4) is 0 Å². The number of halogens is 3. The lowest BCUT2D eigenvalue weighted by atomic mass is 10.1. The lowest BCUT2D eigenvalue weighted by molar-refractivity contribution is -0.385. The van der Waals surface area contributed by atoms with Gasteiger partial charge in [-0.05, 0) is 50.3 Å². The SMILES string of the molecule is CC(OC(=O)c1cc2c(s1)CCCCC2)C(=O)Nc1ccc([N+](=O)[O-])cc1C(F)(F)F. The molecular formula is C20H19F3N2O5S. The Morgan fingerprint density at radius 2 is 1.90 bits per heavy atom. The third-order valence-corrected chi connectivity index (χ3v) is 6.10. The number of rotatable bonds is 5. The molecule has 0 saturated carbocycles. The number of non-ortho nitro benzene ring substituents is 1. The molecule has 0 radical (unpaired) electrons. The smallest absolute Gasteiger partial charge is 0.418 e. The van der Waals surface area contributed by atoms with Crippen molar-refractivity contribution in [1.82, 2.24) is 0 Å². The first kappa shape index (κ1) is 22.7. The Hall–Kier alpha value is -2.95. The number of amides is 1. The molecule has 1 unspecified atom stereocenters. The van der Waals surface area contributed by atoms with Gasteiger partial charge in [0.2, 0.25) is 0 Å². The van der Waals surface area contributed by atoms with Crippen LogP contribution in [0.3, 0.4) is 0 Å². The fraction of sp³-hybridized carbons (Fsp3) is 0.400. The molecule has 31 heavy (non-hydrogen) atoms. The van der Waals surface area contributed by atoms with Crippen molar-refractivity contribution in [2.24, 2.45) is 0 Å². The summed E-state index contributed by atoms with van der Waals surface area (Å²) in [6, 6.07) is 3.73. The van der Waals surface area contributed by atoms with Crippen LogP contribution >= 0.6 is 11.3 Å². The number of carbonyl (C=O) groups is 2. The molecule has 1 aliphatic rings. The number of anilines is 1. The number of thiophene rings is 1. The number of aryl methyl sites for hydroxylation is 2. The quantitative estimate of drug-likeness (QED) is 0.291. The van der Waals surface area contributed by atoms with Crippen molar-refractivity contribution in [3.63, 3.8) is 0 Å². The van der Waals surface area contributed by atoms with Gasteiger partial charge in [-0.2, -0.15) is 13.2 Å². The first-order valence-corrected chi connectivity index (χ1v) is 10.4. The summed E-state index contributed by atoms with van der Waals surface area (Å²) in [5.41, 5.74) is -1.70. The molecule has 0 fully saturated rings. The van der Waals surface area contributed by atoms with E-state index in [1.807, 2.05) is 5.32 Å². The Morgan fingerprint density at radius 3 is 2.58 bits per heavy atom. The Bertz CT molecular complexity index is 995. The van der Waals surface area contributed by atoms with Gasteiger partial charge in [0.1, 0.15) is 4.88 Å². The van der Waals surface area contributed by atoms with E-state index in [1.165, 1.54) is 18.3 Å². The van der Waals surface area contributed by atoms with Crippen LogP contribution in [-0.2, 0) is 28.5 Å². The molecule has 1 aromatic heterocycles. The van der Waals surface area contributed by atoms with Crippen molar-refractivity contribution in [2.75, 3.05) is 5.32 Å². The molecule has 11 heteroatoms. The van der Waals surface area contributed by atoms with Gasteiger partial charge < -0.3 is 10.1 Å². The van der Waals surface area contributed by atoms with E-state index in [0.717, 1.165) is 54.7 Å². The van der Waals surface area contributed by atoms with Gasteiger partial charge in [-0.25, -0.2) is 4.79 Å². The van der Waals surface area contributed by atoms with Gasteiger partial charge in [0, 0.05) is 17.0 Å². The molecule has 1 aliphatic carbocycles. The number of fused-ring (bicyclic) bond motifs is 1. The van der Waals surface area contributed by atoms with Crippen LogP contribution in [0.2, 0.25) is 0 Å². The van der Waals surface area contributed by atoms with Crippen LogP contribution < -0.4 is 5.32 Å². The maximum Gasteiger partial charge on any atom is 0.418 e. The van der Waals surface area contributed by atoms with Crippen LogP contribution in [0.1, 0.15) is 51.9 Å². The first-order valence-electron chi connectivity index (χ1n) is 9.55. The predicted molar refractivity (Wildman–Crippen MR) is 107 cm³/mol. The van der Waals surface area contributed by atoms with Crippen molar-refractivity contribution in [3.05, 3.63) is 55.3 Å². The van der Waals surface area contributed by atoms with Gasteiger partial charge in [-0.1, -0.05) is 6.42 Å². The molecule has 1 amide bonds. The third kappa shape index (κ3) is 5.40. The summed E-state index contributed by atoms with van der Waals surface area (Å²) in [4.78, 5) is 36.0. The van der Waals surface area contributed by atoms with Crippen LogP contribution in [0, 0.1) is 10.1 Å². The second-order valence-corrected chi connectivity index (χ2v) is 8.28. The van der Waals surface area contributed by atoms with Gasteiger partial charge in [0.15, 0.2) is 6.10 Å². The van der Waals surface area contributed by atoms with Crippen LogP contribution in [0.4, 0.5) is 24.5 Å². The fourth-order valence-electron chi connectivity index (χ4n) is 3.26. The van der Waals surface area contributed by atoms with Crippen LogP contribution in [-0.4, -0.2) is 22.9 Å². The van der Waals surface area contributed by atoms with E-state index in [1.54, 1.807) is 6.07 Å². The Morgan fingerprint density at radius 1 is 1.19 bits per heavy atom. The zero-order chi connectivity index (χ0) is 22.8. The highest BCUT2D eigenvalue weighted by Gasteiger charge is 2.36. The zero-order valence-electron chi connectivity index (χ0n) is 16.5. The molecule has 1 atom stereocenters. The highest BCUT2D eigenvalue weighted by Crippen LogP contribution is 2.37. The van der Waals surface area contributed by atoms with Crippen LogP contribution in [0.25, 0.3) is 0 Å². The third-order valence-electron chi connectivity index (χ3n) is 4.88. The van der Waals surface area contributed by atoms with Crippen molar-refractivity contribution in [1.29, 1.82) is 0 Å². The number of nitro benzene ring substituents is 1. The summed E-state index contributed by atoms with van der Waals surface area (Å²) in [5.74, 6) is -1.70. The standard InChI is InChI=1S/C20H19F3N2O5S/c1-11(30-19(27)17-9-12-5-3-2-4-6-16(12)31-17)18(26)24-15-8-7-13(25(28)29)10-14(15)20(21,22)23/h7-11H,2-6H2,1H3,(H,24,26). The molecule has 166 valence electrons. The van der Waals surface area contributed by atoms with Crippen LogP contribution in [0.5, 0.6) is 0 Å². The lowest BCUT2D eigenvalue weighted by Crippen LogP contribution is -2.30. The van der Waals surface area contributed by atoms with E-state index < -0.39 is 46.0 Å². The highest BCUT2D eigenvalue weighted by molar-refractivity contribution is 7.14. The van der Waals surface area contributed by atoms with E-state index in [-0.39, 0.29) is 0 Å². The number of benzene rings is 1. The Labute approximate surface area is 179 Å². The minimum atomic E-state index is -4.93. The number of alkyl halides is 3. The monoisotopic (exact) mass is 456 g/mol. The number of hydrogen-bond acceptors (Lipinski definition) is 6. The lowest BCUT2D eigenvalue weighted by Gasteiger charge is -2.16. The summed E-state index contributed by atoms with van der Waals surface area (Å²) in [5, 5.41) is 12.8. The molecule has 7 nitrogen and oxygen atoms in total. The molecular weight excluding hydrogens is 437 g/mol. The average Bonchev–Trinajstić information content (AvgIpc) is 2.98. The maximum atomic E-state index is 13.3. The minimum Gasteiger partial charge on any atom is -0.448 e. The minimum absolute atomic E-state index is 0.338. The molecule has 0 aliphatic heterocycles.